The molecule has 0 bridgehead atoms. The maximum atomic E-state index is 14.1. The first-order valence-electron chi connectivity index (χ1n) is 8.21. The zero-order chi connectivity index (χ0) is 17.9. The third kappa shape index (κ3) is 3.15. The highest BCUT2D eigenvalue weighted by molar-refractivity contribution is 5.63. The molecule has 1 aliphatic rings. The molecule has 0 saturated carbocycles. The lowest BCUT2D eigenvalue weighted by molar-refractivity contribution is 0.122. The van der Waals surface area contributed by atoms with Crippen molar-refractivity contribution in [3.8, 4) is 28.9 Å². The van der Waals surface area contributed by atoms with E-state index >= 15 is 0 Å². The van der Waals surface area contributed by atoms with Gasteiger partial charge in [0.25, 0.3) is 5.89 Å². The molecule has 0 spiro atoms. The number of hydrogen-bond donors (Lipinski definition) is 0. The third-order valence-corrected chi connectivity index (χ3v) is 4.26. The van der Waals surface area contributed by atoms with Crippen LogP contribution in [-0.4, -0.2) is 36.4 Å². The first kappa shape index (κ1) is 16.2. The molecule has 1 fully saturated rings. The van der Waals surface area contributed by atoms with Gasteiger partial charge >= 0.3 is 0 Å². The van der Waals surface area contributed by atoms with E-state index < -0.39 is 5.82 Å². The van der Waals surface area contributed by atoms with Gasteiger partial charge in [0.2, 0.25) is 5.82 Å². The number of halogens is 1. The van der Waals surface area contributed by atoms with E-state index in [1.807, 2.05) is 30.3 Å². The van der Waals surface area contributed by atoms with Crippen molar-refractivity contribution in [1.29, 1.82) is 5.26 Å². The lowest BCUT2D eigenvalue weighted by Crippen LogP contribution is -2.36. The van der Waals surface area contributed by atoms with E-state index in [-0.39, 0.29) is 17.0 Å². The van der Waals surface area contributed by atoms with Crippen LogP contribution >= 0.6 is 0 Å². The zero-order valence-corrected chi connectivity index (χ0v) is 13.9. The molecule has 130 valence electrons. The van der Waals surface area contributed by atoms with Crippen molar-refractivity contribution in [3.05, 3.63) is 53.8 Å². The van der Waals surface area contributed by atoms with Crippen LogP contribution in [0.5, 0.6) is 0 Å². The van der Waals surface area contributed by atoms with Gasteiger partial charge in [-0.05, 0) is 42.5 Å². The second-order valence-electron chi connectivity index (χ2n) is 5.88. The molecule has 0 N–H and O–H groups in total. The molecule has 6 nitrogen and oxygen atoms in total. The second-order valence-corrected chi connectivity index (χ2v) is 5.88. The number of hydrogen-bond acceptors (Lipinski definition) is 6. The van der Waals surface area contributed by atoms with Crippen LogP contribution in [0.1, 0.15) is 5.56 Å². The zero-order valence-electron chi connectivity index (χ0n) is 13.9. The van der Waals surface area contributed by atoms with Crippen LogP contribution in [0.2, 0.25) is 0 Å². The molecule has 0 atom stereocenters. The largest absolute Gasteiger partial charge is 0.378 e. The molecule has 0 amide bonds. The third-order valence-electron chi connectivity index (χ3n) is 4.26. The maximum absolute atomic E-state index is 14.1. The summed E-state index contributed by atoms with van der Waals surface area (Å²) < 4.78 is 24.7. The van der Waals surface area contributed by atoms with Gasteiger partial charge in [0.1, 0.15) is 5.82 Å². The van der Waals surface area contributed by atoms with Gasteiger partial charge in [0.15, 0.2) is 0 Å². The van der Waals surface area contributed by atoms with E-state index in [1.54, 1.807) is 0 Å². The van der Waals surface area contributed by atoms with Gasteiger partial charge in [-0.25, -0.2) is 4.39 Å². The van der Waals surface area contributed by atoms with Crippen LogP contribution in [0.3, 0.4) is 0 Å². The Balaban J connectivity index is 1.57. The van der Waals surface area contributed by atoms with E-state index in [9.17, 15) is 4.39 Å². The minimum absolute atomic E-state index is 0.0826. The van der Waals surface area contributed by atoms with Crippen LogP contribution in [0, 0.1) is 17.1 Å². The van der Waals surface area contributed by atoms with E-state index in [1.165, 1.54) is 12.1 Å². The lowest BCUT2D eigenvalue weighted by Gasteiger charge is -2.28. The second kappa shape index (κ2) is 6.94. The Bertz CT molecular complexity index is 956. The Morgan fingerprint density at radius 1 is 1.08 bits per heavy atom. The molecule has 0 radical (unpaired) electrons. The Hall–Kier alpha value is -3.24. The fraction of sp³-hybridized carbons (Fsp3) is 0.211. The molecule has 1 aliphatic heterocycles. The molecule has 1 aromatic heterocycles. The Labute approximate surface area is 149 Å². The van der Waals surface area contributed by atoms with Gasteiger partial charge in [0, 0.05) is 24.3 Å². The summed E-state index contributed by atoms with van der Waals surface area (Å²) in [4.78, 5) is 6.53. The smallest absolute Gasteiger partial charge is 0.261 e. The number of nitrogens with zero attached hydrogens (tertiary/aromatic N) is 4. The number of rotatable bonds is 3. The van der Waals surface area contributed by atoms with Gasteiger partial charge in [-0.15, -0.1) is 0 Å². The van der Waals surface area contributed by atoms with Gasteiger partial charge < -0.3 is 14.2 Å². The molecule has 2 heterocycles. The van der Waals surface area contributed by atoms with E-state index in [4.69, 9.17) is 14.5 Å². The van der Waals surface area contributed by atoms with Crippen LogP contribution in [0.25, 0.3) is 22.8 Å². The van der Waals surface area contributed by atoms with Crippen LogP contribution < -0.4 is 4.90 Å². The summed E-state index contributed by atoms with van der Waals surface area (Å²) in [5.74, 6) is -0.0987. The van der Waals surface area contributed by atoms with Crippen molar-refractivity contribution in [3.63, 3.8) is 0 Å². The first-order valence-corrected chi connectivity index (χ1v) is 8.21. The fourth-order valence-corrected chi connectivity index (χ4v) is 2.85. The minimum Gasteiger partial charge on any atom is -0.378 e. The Morgan fingerprint density at radius 2 is 1.85 bits per heavy atom. The molecule has 2 aromatic carbocycles. The van der Waals surface area contributed by atoms with Crippen molar-refractivity contribution in [2.75, 3.05) is 31.2 Å². The lowest BCUT2D eigenvalue weighted by atomic mass is 10.1. The first-order chi connectivity index (χ1) is 12.7. The Morgan fingerprint density at radius 3 is 2.54 bits per heavy atom. The number of anilines is 1. The molecule has 7 heteroatoms. The van der Waals surface area contributed by atoms with Crippen molar-refractivity contribution in [2.45, 2.75) is 0 Å². The summed E-state index contributed by atoms with van der Waals surface area (Å²) in [6.07, 6.45) is 0. The molecule has 0 aliphatic carbocycles. The standard InChI is InChI=1S/C19H15FN4O2/c20-17-11-13(12-21)1-6-16(17)19-22-18(23-26-19)14-2-4-15(5-3-14)24-7-9-25-10-8-24/h1-6,11H,7-10H2. The van der Waals surface area contributed by atoms with Gasteiger partial charge in [-0.2, -0.15) is 10.2 Å². The van der Waals surface area contributed by atoms with E-state index in [0.29, 0.717) is 5.82 Å². The summed E-state index contributed by atoms with van der Waals surface area (Å²) >= 11 is 0. The van der Waals surface area contributed by atoms with Crippen LogP contribution in [0.4, 0.5) is 10.1 Å². The monoisotopic (exact) mass is 350 g/mol. The number of nitriles is 1. The van der Waals surface area contributed by atoms with Gasteiger partial charge in [-0.3, -0.25) is 0 Å². The average molecular weight is 350 g/mol. The highest BCUT2D eigenvalue weighted by atomic mass is 19.1. The average Bonchev–Trinajstić information content (AvgIpc) is 3.18. The summed E-state index contributed by atoms with van der Waals surface area (Å²) in [6, 6.07) is 13.8. The SMILES string of the molecule is N#Cc1ccc(-c2nc(-c3ccc(N4CCOCC4)cc3)no2)c(F)c1. The van der Waals surface area contributed by atoms with Crippen LogP contribution in [-0.2, 0) is 4.74 Å². The summed E-state index contributed by atoms with van der Waals surface area (Å²) in [7, 11) is 0. The van der Waals surface area contributed by atoms with E-state index in [2.05, 4.69) is 15.0 Å². The number of benzene rings is 2. The Kier molecular flexibility index (Phi) is 4.33. The minimum atomic E-state index is -0.568. The molecule has 26 heavy (non-hydrogen) atoms. The molecule has 0 unspecified atom stereocenters. The van der Waals surface area contributed by atoms with Crippen LogP contribution in [0.15, 0.2) is 47.0 Å². The molecule has 3 aromatic rings. The predicted octanol–water partition coefficient (Wildman–Crippen LogP) is 3.25. The summed E-state index contributed by atoms with van der Waals surface area (Å²) in [5.41, 5.74) is 2.31. The predicted molar refractivity (Wildman–Crippen MR) is 92.9 cm³/mol. The number of morpholine rings is 1. The number of ether oxygens (including phenoxy) is 1. The van der Waals surface area contributed by atoms with Gasteiger partial charge in [0.05, 0.1) is 30.4 Å². The number of aromatic nitrogens is 2. The highest BCUT2D eigenvalue weighted by Gasteiger charge is 2.16. The maximum Gasteiger partial charge on any atom is 0.261 e. The van der Waals surface area contributed by atoms with Crippen molar-refractivity contribution in [1.82, 2.24) is 10.1 Å². The molecular weight excluding hydrogens is 335 g/mol. The molecular formula is C19H15FN4O2. The van der Waals surface area contributed by atoms with Crippen molar-refractivity contribution in [2.24, 2.45) is 0 Å². The summed E-state index contributed by atoms with van der Waals surface area (Å²) in [5, 5.41) is 12.8. The van der Waals surface area contributed by atoms with Crippen molar-refractivity contribution < 1.29 is 13.7 Å². The summed E-state index contributed by atoms with van der Waals surface area (Å²) in [6.45, 7) is 3.19. The topological polar surface area (TPSA) is 75.2 Å². The van der Waals surface area contributed by atoms with Gasteiger partial charge in [-0.1, -0.05) is 5.16 Å². The molecule has 1 saturated heterocycles. The van der Waals surface area contributed by atoms with E-state index in [0.717, 1.165) is 43.6 Å². The molecule has 4 rings (SSSR count). The van der Waals surface area contributed by atoms with Crippen molar-refractivity contribution >= 4 is 5.69 Å². The quantitative estimate of drug-likeness (QED) is 0.722. The fourth-order valence-electron chi connectivity index (χ4n) is 2.85. The highest BCUT2D eigenvalue weighted by Crippen LogP contribution is 2.26. The normalized spacial score (nSPS) is 14.2.